The summed E-state index contributed by atoms with van der Waals surface area (Å²) < 4.78 is 5.24. The van der Waals surface area contributed by atoms with Crippen LogP contribution in [-0.2, 0) is 16.0 Å². The third kappa shape index (κ3) is 3.35. The molecule has 0 aromatic heterocycles. The van der Waals surface area contributed by atoms with Gasteiger partial charge in [-0.1, -0.05) is 17.7 Å². The van der Waals surface area contributed by atoms with Gasteiger partial charge in [-0.3, -0.25) is 4.79 Å². The Hall–Kier alpha value is -2.04. The predicted octanol–water partition coefficient (Wildman–Crippen LogP) is 1.92. The second kappa shape index (κ2) is 5.76. The topological polar surface area (TPSA) is 75.6 Å². The summed E-state index contributed by atoms with van der Waals surface area (Å²) in [4.78, 5) is 23.6. The molecule has 2 rings (SSSR count). The van der Waals surface area contributed by atoms with Gasteiger partial charge in [0.05, 0.1) is 13.5 Å². The Morgan fingerprint density at radius 3 is 2.62 bits per heavy atom. The second-order valence-electron chi connectivity index (χ2n) is 5.82. The molecule has 0 aliphatic heterocycles. The molecule has 0 saturated heterocycles. The molecule has 5 heteroatoms. The summed E-state index contributed by atoms with van der Waals surface area (Å²) >= 11 is 0. The van der Waals surface area contributed by atoms with Gasteiger partial charge in [-0.15, -0.1) is 0 Å². The number of amides is 1. The number of ether oxygens (including phenoxy) is 1. The first-order chi connectivity index (χ1) is 9.86. The van der Waals surface area contributed by atoms with Crippen LogP contribution in [0.25, 0.3) is 0 Å². The molecule has 0 radical (unpaired) electrons. The van der Waals surface area contributed by atoms with E-state index in [1.54, 1.807) is 14.0 Å². The standard InChI is InChI=1S/C16H21NO4/c1-10-4-7-13(21-3)11(8-10)9-14(18)17-16(2,15(19)20)12-5-6-12/h4,7-8,12H,5-6,9H2,1-3H3,(H,17,18)(H,19,20). The molecule has 2 N–H and O–H groups in total. The van der Waals surface area contributed by atoms with Gasteiger partial charge in [0, 0.05) is 5.56 Å². The Balaban J connectivity index is 2.11. The van der Waals surface area contributed by atoms with Gasteiger partial charge >= 0.3 is 5.97 Å². The van der Waals surface area contributed by atoms with Crippen molar-refractivity contribution in [1.82, 2.24) is 5.32 Å². The SMILES string of the molecule is COc1ccc(C)cc1CC(=O)NC(C)(C(=O)O)C1CC1. The van der Waals surface area contributed by atoms with Crippen molar-refractivity contribution in [2.45, 2.75) is 38.6 Å². The quantitative estimate of drug-likeness (QED) is 0.839. The average molecular weight is 291 g/mol. The van der Waals surface area contributed by atoms with Gasteiger partial charge in [0.15, 0.2) is 0 Å². The van der Waals surface area contributed by atoms with Crippen molar-refractivity contribution in [3.05, 3.63) is 29.3 Å². The summed E-state index contributed by atoms with van der Waals surface area (Å²) in [6.07, 6.45) is 1.80. The molecule has 1 unspecified atom stereocenters. The monoisotopic (exact) mass is 291 g/mol. The summed E-state index contributed by atoms with van der Waals surface area (Å²) in [7, 11) is 1.55. The highest BCUT2D eigenvalue weighted by Crippen LogP contribution is 2.39. The van der Waals surface area contributed by atoms with E-state index >= 15 is 0 Å². The fourth-order valence-corrected chi connectivity index (χ4v) is 2.54. The van der Waals surface area contributed by atoms with E-state index in [1.165, 1.54) is 0 Å². The van der Waals surface area contributed by atoms with Crippen molar-refractivity contribution in [3.8, 4) is 5.75 Å². The molecule has 1 aliphatic carbocycles. The summed E-state index contributed by atoms with van der Waals surface area (Å²) in [5.41, 5.74) is 0.619. The Kier molecular flexibility index (Phi) is 4.21. The molecule has 0 spiro atoms. The smallest absolute Gasteiger partial charge is 0.329 e. The first kappa shape index (κ1) is 15.4. The third-order valence-electron chi connectivity index (χ3n) is 4.02. The molecule has 114 valence electrons. The number of hydrogen-bond donors (Lipinski definition) is 2. The molecule has 1 atom stereocenters. The van der Waals surface area contributed by atoms with Gasteiger partial charge in [-0.25, -0.2) is 4.79 Å². The van der Waals surface area contributed by atoms with Gasteiger partial charge in [-0.2, -0.15) is 0 Å². The number of aryl methyl sites for hydroxylation is 1. The molecular formula is C16H21NO4. The van der Waals surface area contributed by atoms with Crippen molar-refractivity contribution >= 4 is 11.9 Å². The van der Waals surface area contributed by atoms with E-state index in [9.17, 15) is 14.7 Å². The van der Waals surface area contributed by atoms with Crippen LogP contribution in [0.15, 0.2) is 18.2 Å². The van der Waals surface area contributed by atoms with Gasteiger partial charge in [0.25, 0.3) is 0 Å². The largest absolute Gasteiger partial charge is 0.496 e. The minimum atomic E-state index is -1.17. The van der Waals surface area contributed by atoms with Crippen molar-refractivity contribution in [1.29, 1.82) is 0 Å². The van der Waals surface area contributed by atoms with Gasteiger partial charge < -0.3 is 15.2 Å². The normalized spacial score (nSPS) is 16.9. The summed E-state index contributed by atoms with van der Waals surface area (Å²) in [6, 6.07) is 5.61. The highest BCUT2D eigenvalue weighted by atomic mass is 16.5. The molecule has 1 fully saturated rings. The number of nitrogens with one attached hydrogen (secondary N) is 1. The fraction of sp³-hybridized carbons (Fsp3) is 0.500. The molecule has 0 heterocycles. The molecule has 1 saturated carbocycles. The molecule has 1 aromatic rings. The molecule has 5 nitrogen and oxygen atoms in total. The zero-order valence-electron chi connectivity index (χ0n) is 12.6. The van der Waals surface area contributed by atoms with E-state index in [2.05, 4.69) is 5.32 Å². The van der Waals surface area contributed by atoms with Crippen LogP contribution in [0.4, 0.5) is 0 Å². The first-order valence-corrected chi connectivity index (χ1v) is 7.04. The lowest BCUT2D eigenvalue weighted by Gasteiger charge is -2.26. The van der Waals surface area contributed by atoms with Crippen molar-refractivity contribution in [3.63, 3.8) is 0 Å². The summed E-state index contributed by atoms with van der Waals surface area (Å²) in [5.74, 6) is -0.609. The molecule has 1 aliphatic rings. The number of carbonyl (C=O) groups excluding carboxylic acids is 1. The van der Waals surface area contributed by atoms with Crippen LogP contribution in [0.5, 0.6) is 5.75 Å². The average Bonchev–Trinajstić information content (AvgIpc) is 3.23. The van der Waals surface area contributed by atoms with Crippen LogP contribution in [0.3, 0.4) is 0 Å². The van der Waals surface area contributed by atoms with E-state index in [0.717, 1.165) is 24.0 Å². The Morgan fingerprint density at radius 2 is 2.10 bits per heavy atom. The Bertz CT molecular complexity index is 565. The number of benzene rings is 1. The van der Waals surface area contributed by atoms with E-state index < -0.39 is 11.5 Å². The van der Waals surface area contributed by atoms with Crippen LogP contribution in [0.2, 0.25) is 0 Å². The number of hydrogen-bond acceptors (Lipinski definition) is 3. The summed E-state index contributed by atoms with van der Waals surface area (Å²) in [6.45, 7) is 3.52. The Labute approximate surface area is 124 Å². The number of carboxylic acid groups (broad SMARTS) is 1. The molecule has 1 amide bonds. The van der Waals surface area contributed by atoms with Crippen LogP contribution < -0.4 is 10.1 Å². The number of aliphatic carboxylic acids is 1. The van der Waals surface area contributed by atoms with Crippen LogP contribution in [0.1, 0.15) is 30.9 Å². The lowest BCUT2D eigenvalue weighted by Crippen LogP contribution is -2.54. The maximum absolute atomic E-state index is 12.2. The predicted molar refractivity (Wildman–Crippen MR) is 78.3 cm³/mol. The first-order valence-electron chi connectivity index (χ1n) is 7.04. The van der Waals surface area contributed by atoms with Gasteiger partial charge in [0.2, 0.25) is 5.91 Å². The zero-order chi connectivity index (χ0) is 15.6. The lowest BCUT2D eigenvalue weighted by atomic mass is 9.95. The van der Waals surface area contributed by atoms with Crippen LogP contribution in [0, 0.1) is 12.8 Å². The molecule has 0 bridgehead atoms. The Morgan fingerprint density at radius 1 is 1.43 bits per heavy atom. The van der Waals surface area contributed by atoms with E-state index in [4.69, 9.17) is 4.74 Å². The molecule has 1 aromatic carbocycles. The minimum absolute atomic E-state index is 0.0263. The van der Waals surface area contributed by atoms with Crippen molar-refractivity contribution in [2.75, 3.05) is 7.11 Å². The van der Waals surface area contributed by atoms with E-state index in [-0.39, 0.29) is 18.2 Å². The molecular weight excluding hydrogens is 270 g/mol. The maximum atomic E-state index is 12.2. The van der Waals surface area contributed by atoms with Gasteiger partial charge in [-0.05, 0) is 38.7 Å². The highest BCUT2D eigenvalue weighted by Gasteiger charge is 2.48. The van der Waals surface area contributed by atoms with Crippen molar-refractivity contribution in [2.24, 2.45) is 5.92 Å². The lowest BCUT2D eigenvalue weighted by molar-refractivity contribution is -0.147. The van der Waals surface area contributed by atoms with Crippen molar-refractivity contribution < 1.29 is 19.4 Å². The van der Waals surface area contributed by atoms with Crippen LogP contribution >= 0.6 is 0 Å². The number of rotatable bonds is 6. The number of methoxy groups -OCH3 is 1. The summed E-state index contributed by atoms with van der Waals surface area (Å²) in [5, 5.41) is 12.0. The number of carbonyl (C=O) groups is 2. The fourth-order valence-electron chi connectivity index (χ4n) is 2.54. The highest BCUT2D eigenvalue weighted by molar-refractivity contribution is 5.88. The zero-order valence-corrected chi connectivity index (χ0v) is 12.6. The van der Waals surface area contributed by atoms with Crippen LogP contribution in [-0.4, -0.2) is 29.6 Å². The maximum Gasteiger partial charge on any atom is 0.329 e. The second-order valence-corrected chi connectivity index (χ2v) is 5.82. The van der Waals surface area contributed by atoms with E-state index in [0.29, 0.717) is 5.75 Å². The van der Waals surface area contributed by atoms with Gasteiger partial charge in [0.1, 0.15) is 11.3 Å². The third-order valence-corrected chi connectivity index (χ3v) is 4.02. The van der Waals surface area contributed by atoms with E-state index in [1.807, 2.05) is 25.1 Å². The minimum Gasteiger partial charge on any atom is -0.496 e. The number of carboxylic acids is 1. The molecule has 21 heavy (non-hydrogen) atoms.